The van der Waals surface area contributed by atoms with Gasteiger partial charge < -0.3 is 4.74 Å². The lowest BCUT2D eigenvalue weighted by atomic mass is 10.0. The largest absolute Gasteiger partial charge is 0.373 e. The van der Waals surface area contributed by atoms with E-state index in [1.807, 2.05) is 43.6 Å². The summed E-state index contributed by atoms with van der Waals surface area (Å²) in [4.78, 5) is 0. The third-order valence-electron chi connectivity index (χ3n) is 4.23. The Hall–Kier alpha value is -1.70. The molecule has 1 aromatic heterocycles. The molecule has 2 heterocycles. The van der Waals surface area contributed by atoms with Crippen LogP contribution in [-0.4, -0.2) is 36.6 Å². The minimum absolute atomic E-state index is 0.0928. The van der Waals surface area contributed by atoms with E-state index < -0.39 is 10.0 Å². The van der Waals surface area contributed by atoms with Gasteiger partial charge in [0.1, 0.15) is 0 Å². The molecule has 1 aromatic carbocycles. The molecule has 1 aliphatic rings. The fourth-order valence-electron chi connectivity index (χ4n) is 2.95. The van der Waals surface area contributed by atoms with Crippen molar-refractivity contribution in [3.05, 3.63) is 53.9 Å². The molecule has 0 spiro atoms. The maximum atomic E-state index is 12.4. The number of benzene rings is 1. The Morgan fingerprint density at radius 1 is 1.33 bits per heavy atom. The molecule has 0 bridgehead atoms. The molecule has 0 amide bonds. The molecule has 1 aliphatic heterocycles. The second-order valence-electron chi connectivity index (χ2n) is 6.20. The summed E-state index contributed by atoms with van der Waals surface area (Å²) < 4.78 is 35.0. The summed E-state index contributed by atoms with van der Waals surface area (Å²) in [7, 11) is -1.45. The first kappa shape index (κ1) is 17.1. The van der Waals surface area contributed by atoms with E-state index in [0.717, 1.165) is 11.1 Å². The molecule has 1 fully saturated rings. The van der Waals surface area contributed by atoms with E-state index in [1.54, 1.807) is 10.9 Å². The molecular formula is C17H23N3O3S. The Kier molecular flexibility index (Phi) is 5.33. The van der Waals surface area contributed by atoms with Crippen molar-refractivity contribution in [2.75, 3.05) is 12.4 Å². The molecule has 2 atom stereocenters. The van der Waals surface area contributed by atoms with Gasteiger partial charge in [-0.2, -0.15) is 5.10 Å². The van der Waals surface area contributed by atoms with Crippen LogP contribution < -0.4 is 4.72 Å². The fraction of sp³-hybridized carbons (Fsp3) is 0.471. The van der Waals surface area contributed by atoms with Gasteiger partial charge in [0.25, 0.3) is 0 Å². The molecule has 2 aromatic rings. The molecule has 7 heteroatoms. The standard InChI is InChI=1S/C17H23N3O3S/c1-20-13-15(12-18-20)17-11-16(7-9-23-17)19-24(21,22)10-8-14-5-3-2-4-6-14/h2-6,12-13,16-17,19H,7-11H2,1H3/t16-,17-/m0/s1. The van der Waals surface area contributed by atoms with Crippen LogP contribution in [-0.2, 0) is 28.2 Å². The van der Waals surface area contributed by atoms with Crippen molar-refractivity contribution in [3.8, 4) is 0 Å². The highest BCUT2D eigenvalue weighted by atomic mass is 32.2. The van der Waals surface area contributed by atoms with E-state index in [2.05, 4.69) is 9.82 Å². The first-order chi connectivity index (χ1) is 11.5. The maximum absolute atomic E-state index is 12.4. The monoisotopic (exact) mass is 349 g/mol. The minimum atomic E-state index is -3.31. The third-order valence-corrected chi connectivity index (χ3v) is 5.66. The number of hydrogen-bond acceptors (Lipinski definition) is 4. The molecule has 0 saturated carbocycles. The normalized spacial score (nSPS) is 21.7. The topological polar surface area (TPSA) is 73.2 Å². The Balaban J connectivity index is 1.56. The van der Waals surface area contributed by atoms with Gasteiger partial charge in [0.05, 0.1) is 18.1 Å². The number of nitrogens with one attached hydrogen (secondary N) is 1. The predicted octanol–water partition coefficient (Wildman–Crippen LogP) is 1.80. The second-order valence-corrected chi connectivity index (χ2v) is 8.07. The Labute approximate surface area is 142 Å². The van der Waals surface area contributed by atoms with Gasteiger partial charge in [-0.3, -0.25) is 4.68 Å². The number of aryl methyl sites for hydroxylation is 2. The number of hydrogen-bond donors (Lipinski definition) is 1. The van der Waals surface area contributed by atoms with Gasteiger partial charge in [0.15, 0.2) is 0 Å². The summed E-state index contributed by atoms with van der Waals surface area (Å²) >= 11 is 0. The molecule has 6 nitrogen and oxygen atoms in total. The van der Waals surface area contributed by atoms with Crippen LogP contribution in [0.2, 0.25) is 0 Å². The molecule has 24 heavy (non-hydrogen) atoms. The van der Waals surface area contributed by atoms with E-state index >= 15 is 0 Å². The van der Waals surface area contributed by atoms with Gasteiger partial charge in [-0.1, -0.05) is 30.3 Å². The SMILES string of the molecule is Cn1cc([C@@H]2C[C@@H](NS(=O)(=O)CCc3ccccc3)CCO2)cn1. The highest BCUT2D eigenvalue weighted by Gasteiger charge is 2.27. The summed E-state index contributed by atoms with van der Waals surface area (Å²) in [6.07, 6.45) is 5.44. The molecule has 1 N–H and O–H groups in total. The Morgan fingerprint density at radius 3 is 2.83 bits per heavy atom. The summed E-state index contributed by atoms with van der Waals surface area (Å²) in [6, 6.07) is 9.57. The van der Waals surface area contributed by atoms with Crippen LogP contribution in [0.25, 0.3) is 0 Å². The zero-order valence-corrected chi connectivity index (χ0v) is 14.6. The van der Waals surface area contributed by atoms with Crippen LogP contribution in [0, 0.1) is 0 Å². The van der Waals surface area contributed by atoms with Crippen LogP contribution in [0.15, 0.2) is 42.7 Å². The summed E-state index contributed by atoms with van der Waals surface area (Å²) in [5, 5.41) is 4.15. The van der Waals surface area contributed by atoms with Crippen LogP contribution in [0.5, 0.6) is 0 Å². The minimum Gasteiger partial charge on any atom is -0.373 e. The zero-order valence-electron chi connectivity index (χ0n) is 13.8. The molecule has 0 unspecified atom stereocenters. The van der Waals surface area contributed by atoms with Crippen molar-refractivity contribution in [2.24, 2.45) is 7.05 Å². The number of ether oxygens (including phenoxy) is 1. The molecule has 0 radical (unpaired) electrons. The average Bonchev–Trinajstić information content (AvgIpc) is 3.01. The third kappa shape index (κ3) is 4.66. The van der Waals surface area contributed by atoms with Crippen molar-refractivity contribution < 1.29 is 13.2 Å². The lowest BCUT2D eigenvalue weighted by Gasteiger charge is -2.29. The van der Waals surface area contributed by atoms with Crippen LogP contribution in [0.3, 0.4) is 0 Å². The fourth-order valence-corrected chi connectivity index (χ4v) is 4.30. The van der Waals surface area contributed by atoms with Crippen LogP contribution >= 0.6 is 0 Å². The van der Waals surface area contributed by atoms with Gasteiger partial charge in [-0.15, -0.1) is 0 Å². The second kappa shape index (κ2) is 7.46. The molecule has 1 saturated heterocycles. The van der Waals surface area contributed by atoms with Crippen molar-refractivity contribution >= 4 is 10.0 Å². The van der Waals surface area contributed by atoms with Crippen molar-refractivity contribution in [2.45, 2.75) is 31.4 Å². The van der Waals surface area contributed by atoms with E-state index in [-0.39, 0.29) is 17.9 Å². The van der Waals surface area contributed by atoms with Gasteiger partial charge in [0.2, 0.25) is 10.0 Å². The number of nitrogens with zero attached hydrogens (tertiary/aromatic N) is 2. The summed E-state index contributed by atoms with van der Waals surface area (Å²) in [5.74, 6) is 0.103. The van der Waals surface area contributed by atoms with Gasteiger partial charge >= 0.3 is 0 Å². The van der Waals surface area contributed by atoms with Crippen LogP contribution in [0.4, 0.5) is 0 Å². The molecular weight excluding hydrogens is 326 g/mol. The smallest absolute Gasteiger partial charge is 0.212 e. The number of rotatable bonds is 6. The summed E-state index contributed by atoms with van der Waals surface area (Å²) in [6.45, 7) is 0.547. The first-order valence-corrected chi connectivity index (χ1v) is 9.81. The van der Waals surface area contributed by atoms with Crippen molar-refractivity contribution in [1.82, 2.24) is 14.5 Å². The van der Waals surface area contributed by atoms with E-state index in [9.17, 15) is 8.42 Å². The lowest BCUT2D eigenvalue weighted by Crippen LogP contribution is -2.41. The molecule has 3 rings (SSSR count). The van der Waals surface area contributed by atoms with E-state index in [4.69, 9.17) is 4.74 Å². The number of sulfonamides is 1. The molecule has 130 valence electrons. The number of aromatic nitrogens is 2. The molecule has 0 aliphatic carbocycles. The van der Waals surface area contributed by atoms with Crippen molar-refractivity contribution in [3.63, 3.8) is 0 Å². The van der Waals surface area contributed by atoms with Crippen LogP contribution in [0.1, 0.15) is 30.1 Å². The zero-order chi connectivity index (χ0) is 17.0. The lowest BCUT2D eigenvalue weighted by molar-refractivity contribution is 0.00401. The maximum Gasteiger partial charge on any atom is 0.212 e. The summed E-state index contributed by atoms with van der Waals surface area (Å²) in [5.41, 5.74) is 2.02. The Bertz CT molecular complexity index is 758. The highest BCUT2D eigenvalue weighted by molar-refractivity contribution is 7.89. The van der Waals surface area contributed by atoms with Gasteiger partial charge in [-0.05, 0) is 24.8 Å². The van der Waals surface area contributed by atoms with E-state index in [0.29, 0.717) is 25.9 Å². The van der Waals surface area contributed by atoms with E-state index in [1.165, 1.54) is 0 Å². The van der Waals surface area contributed by atoms with Gasteiger partial charge in [-0.25, -0.2) is 13.1 Å². The first-order valence-electron chi connectivity index (χ1n) is 8.16. The van der Waals surface area contributed by atoms with Crippen molar-refractivity contribution in [1.29, 1.82) is 0 Å². The van der Waals surface area contributed by atoms with Gasteiger partial charge in [0, 0.05) is 31.5 Å². The highest BCUT2D eigenvalue weighted by Crippen LogP contribution is 2.28. The predicted molar refractivity (Wildman–Crippen MR) is 92.0 cm³/mol. The average molecular weight is 349 g/mol. The Morgan fingerprint density at radius 2 is 2.12 bits per heavy atom. The quantitative estimate of drug-likeness (QED) is 0.863.